The molecule has 2 heterocycles. The van der Waals surface area contributed by atoms with E-state index in [-0.39, 0.29) is 6.09 Å². The molecule has 0 unspecified atom stereocenters. The lowest BCUT2D eigenvalue weighted by molar-refractivity contribution is 0.0217. The SMILES string of the molecule is CC(C)(C)OC(=O)N1CCc2ocnc2C1. The van der Waals surface area contributed by atoms with Gasteiger partial charge in [-0.1, -0.05) is 0 Å². The van der Waals surface area contributed by atoms with Crippen molar-refractivity contribution in [3.63, 3.8) is 0 Å². The van der Waals surface area contributed by atoms with Crippen molar-refractivity contribution in [2.45, 2.75) is 39.3 Å². The van der Waals surface area contributed by atoms with Gasteiger partial charge in [0.25, 0.3) is 0 Å². The molecule has 2 rings (SSSR count). The van der Waals surface area contributed by atoms with Crippen molar-refractivity contribution < 1.29 is 13.9 Å². The molecule has 1 amide bonds. The number of nitrogens with zero attached hydrogens (tertiary/aromatic N) is 2. The summed E-state index contributed by atoms with van der Waals surface area (Å²) >= 11 is 0. The van der Waals surface area contributed by atoms with E-state index in [0.717, 1.165) is 11.5 Å². The van der Waals surface area contributed by atoms with Crippen molar-refractivity contribution in [2.24, 2.45) is 0 Å². The molecule has 0 radical (unpaired) electrons. The lowest BCUT2D eigenvalue weighted by Gasteiger charge is -2.28. The van der Waals surface area contributed by atoms with E-state index in [1.807, 2.05) is 20.8 Å². The van der Waals surface area contributed by atoms with Gasteiger partial charge in [-0.2, -0.15) is 0 Å². The topological polar surface area (TPSA) is 55.6 Å². The van der Waals surface area contributed by atoms with Crippen molar-refractivity contribution in [1.82, 2.24) is 9.88 Å². The highest BCUT2D eigenvalue weighted by Crippen LogP contribution is 2.19. The molecule has 1 aromatic rings. The lowest BCUT2D eigenvalue weighted by Crippen LogP contribution is -2.39. The molecule has 1 aliphatic rings. The predicted molar refractivity (Wildman–Crippen MR) is 56.9 cm³/mol. The Hall–Kier alpha value is -1.52. The summed E-state index contributed by atoms with van der Waals surface area (Å²) < 4.78 is 10.5. The second kappa shape index (κ2) is 3.81. The van der Waals surface area contributed by atoms with Crippen LogP contribution < -0.4 is 0 Å². The zero-order valence-electron chi connectivity index (χ0n) is 9.82. The number of carbonyl (C=O) groups excluding carboxylic acids is 1. The Morgan fingerprint density at radius 1 is 1.56 bits per heavy atom. The Morgan fingerprint density at radius 3 is 3.00 bits per heavy atom. The molecular weight excluding hydrogens is 208 g/mol. The van der Waals surface area contributed by atoms with E-state index in [4.69, 9.17) is 9.15 Å². The second-order valence-corrected chi connectivity index (χ2v) is 4.87. The predicted octanol–water partition coefficient (Wildman–Crippen LogP) is 1.97. The quantitative estimate of drug-likeness (QED) is 0.676. The molecule has 0 aliphatic carbocycles. The summed E-state index contributed by atoms with van der Waals surface area (Å²) in [6.45, 7) is 6.67. The number of rotatable bonds is 0. The number of fused-ring (bicyclic) bond motifs is 1. The number of ether oxygens (including phenoxy) is 1. The van der Waals surface area contributed by atoms with Crippen LogP contribution in [-0.4, -0.2) is 28.1 Å². The summed E-state index contributed by atoms with van der Waals surface area (Å²) in [5, 5.41) is 0. The van der Waals surface area contributed by atoms with Crippen LogP contribution in [0.3, 0.4) is 0 Å². The molecule has 1 aromatic heterocycles. The van der Waals surface area contributed by atoms with Crippen LogP contribution in [-0.2, 0) is 17.7 Å². The molecule has 0 aromatic carbocycles. The molecular formula is C11H16N2O3. The van der Waals surface area contributed by atoms with Gasteiger partial charge >= 0.3 is 6.09 Å². The van der Waals surface area contributed by atoms with Gasteiger partial charge in [0.15, 0.2) is 6.39 Å². The van der Waals surface area contributed by atoms with Crippen molar-refractivity contribution in [3.8, 4) is 0 Å². The molecule has 0 atom stereocenters. The first-order valence-corrected chi connectivity index (χ1v) is 5.35. The minimum Gasteiger partial charge on any atom is -0.448 e. The van der Waals surface area contributed by atoms with Gasteiger partial charge in [0, 0.05) is 13.0 Å². The van der Waals surface area contributed by atoms with E-state index in [0.29, 0.717) is 19.5 Å². The number of oxazole rings is 1. The van der Waals surface area contributed by atoms with E-state index in [1.165, 1.54) is 6.39 Å². The summed E-state index contributed by atoms with van der Waals surface area (Å²) in [5.41, 5.74) is 0.373. The average Bonchev–Trinajstić information content (AvgIpc) is 2.61. The van der Waals surface area contributed by atoms with E-state index in [1.54, 1.807) is 4.90 Å². The highest BCUT2D eigenvalue weighted by molar-refractivity contribution is 5.68. The summed E-state index contributed by atoms with van der Waals surface area (Å²) in [7, 11) is 0. The first-order valence-electron chi connectivity index (χ1n) is 5.35. The third-order valence-corrected chi connectivity index (χ3v) is 2.33. The van der Waals surface area contributed by atoms with Gasteiger partial charge < -0.3 is 14.1 Å². The molecule has 5 heteroatoms. The molecule has 1 aliphatic heterocycles. The maximum absolute atomic E-state index is 11.8. The van der Waals surface area contributed by atoms with Crippen LogP contribution >= 0.6 is 0 Å². The molecule has 0 fully saturated rings. The zero-order valence-corrected chi connectivity index (χ0v) is 9.82. The molecule has 88 valence electrons. The smallest absolute Gasteiger partial charge is 0.410 e. The standard InChI is InChI=1S/C11H16N2O3/c1-11(2,3)16-10(14)13-5-4-9-8(6-13)12-7-15-9/h7H,4-6H2,1-3H3. The highest BCUT2D eigenvalue weighted by atomic mass is 16.6. The third kappa shape index (κ3) is 2.35. The van der Waals surface area contributed by atoms with Crippen molar-refractivity contribution >= 4 is 6.09 Å². The Bertz CT molecular complexity index is 392. The van der Waals surface area contributed by atoms with E-state index in [2.05, 4.69) is 4.98 Å². The number of hydrogen-bond acceptors (Lipinski definition) is 4. The molecule has 0 N–H and O–H groups in total. The van der Waals surface area contributed by atoms with Crippen LogP contribution in [0.2, 0.25) is 0 Å². The van der Waals surface area contributed by atoms with Crippen LogP contribution in [0.4, 0.5) is 4.79 Å². The molecule has 0 bridgehead atoms. The average molecular weight is 224 g/mol. The molecule has 0 saturated heterocycles. The Balaban J connectivity index is 2.01. The van der Waals surface area contributed by atoms with E-state index in [9.17, 15) is 4.79 Å². The summed E-state index contributed by atoms with van der Waals surface area (Å²) in [5.74, 6) is 0.875. The third-order valence-electron chi connectivity index (χ3n) is 2.33. The maximum Gasteiger partial charge on any atom is 0.410 e. The number of hydrogen-bond donors (Lipinski definition) is 0. The molecule has 5 nitrogen and oxygen atoms in total. The zero-order chi connectivity index (χ0) is 11.8. The fraction of sp³-hybridized carbons (Fsp3) is 0.636. The van der Waals surface area contributed by atoms with Crippen molar-refractivity contribution in [3.05, 3.63) is 17.8 Å². The Morgan fingerprint density at radius 2 is 2.31 bits per heavy atom. The fourth-order valence-electron chi connectivity index (χ4n) is 1.60. The van der Waals surface area contributed by atoms with Crippen LogP contribution in [0.15, 0.2) is 10.8 Å². The molecule has 0 spiro atoms. The Labute approximate surface area is 94.4 Å². The lowest BCUT2D eigenvalue weighted by atomic mass is 10.2. The van der Waals surface area contributed by atoms with Crippen LogP contribution in [0.25, 0.3) is 0 Å². The first kappa shape index (κ1) is 11.0. The van der Waals surface area contributed by atoms with Gasteiger partial charge in [0.1, 0.15) is 17.1 Å². The van der Waals surface area contributed by atoms with Crippen LogP contribution in [0.1, 0.15) is 32.2 Å². The van der Waals surface area contributed by atoms with Gasteiger partial charge in [0.2, 0.25) is 0 Å². The number of amides is 1. The molecule has 0 saturated carbocycles. The number of carbonyl (C=O) groups is 1. The second-order valence-electron chi connectivity index (χ2n) is 4.87. The fourth-order valence-corrected chi connectivity index (χ4v) is 1.60. The normalized spacial score (nSPS) is 15.8. The van der Waals surface area contributed by atoms with Gasteiger partial charge in [-0.25, -0.2) is 9.78 Å². The highest BCUT2D eigenvalue weighted by Gasteiger charge is 2.27. The van der Waals surface area contributed by atoms with Crippen LogP contribution in [0.5, 0.6) is 0 Å². The maximum atomic E-state index is 11.8. The summed E-state index contributed by atoms with van der Waals surface area (Å²) in [6.07, 6.45) is 1.83. The van der Waals surface area contributed by atoms with Crippen LogP contribution in [0, 0.1) is 0 Å². The monoisotopic (exact) mass is 224 g/mol. The van der Waals surface area contributed by atoms with Gasteiger partial charge in [-0.3, -0.25) is 0 Å². The summed E-state index contributed by atoms with van der Waals surface area (Å²) in [4.78, 5) is 17.5. The Kier molecular flexibility index (Phi) is 2.61. The van der Waals surface area contributed by atoms with E-state index < -0.39 is 5.60 Å². The minimum absolute atomic E-state index is 0.291. The van der Waals surface area contributed by atoms with Crippen molar-refractivity contribution in [2.75, 3.05) is 6.54 Å². The van der Waals surface area contributed by atoms with E-state index >= 15 is 0 Å². The summed E-state index contributed by atoms with van der Waals surface area (Å²) in [6, 6.07) is 0. The first-order chi connectivity index (χ1) is 7.46. The number of aromatic nitrogens is 1. The molecule has 16 heavy (non-hydrogen) atoms. The van der Waals surface area contributed by atoms with Gasteiger partial charge in [-0.05, 0) is 20.8 Å². The van der Waals surface area contributed by atoms with Crippen molar-refractivity contribution in [1.29, 1.82) is 0 Å². The van der Waals surface area contributed by atoms with Gasteiger partial charge in [-0.15, -0.1) is 0 Å². The minimum atomic E-state index is -0.457. The largest absolute Gasteiger partial charge is 0.448 e. The van der Waals surface area contributed by atoms with Gasteiger partial charge in [0.05, 0.1) is 6.54 Å².